The Kier molecular flexibility index (Phi) is 3.45. The van der Waals surface area contributed by atoms with Crippen molar-refractivity contribution < 1.29 is 4.74 Å². The Morgan fingerprint density at radius 3 is 2.73 bits per heavy atom. The van der Waals surface area contributed by atoms with Crippen LogP contribution >= 0.6 is 0 Å². The molecule has 1 saturated heterocycles. The predicted molar refractivity (Wildman–Crippen MR) is 62.9 cm³/mol. The van der Waals surface area contributed by atoms with E-state index in [1.165, 1.54) is 19.3 Å². The molecule has 82 valence electrons. The van der Waals surface area contributed by atoms with Gasteiger partial charge in [0.05, 0.1) is 6.10 Å². The summed E-state index contributed by atoms with van der Waals surface area (Å²) in [6.45, 7) is 1.80. The summed E-state index contributed by atoms with van der Waals surface area (Å²) in [6, 6.07) is 7.81. The van der Waals surface area contributed by atoms with Gasteiger partial charge in [0.2, 0.25) is 0 Å². The van der Waals surface area contributed by atoms with Gasteiger partial charge in [0.15, 0.2) is 0 Å². The number of anilines is 2. The van der Waals surface area contributed by atoms with Crippen LogP contribution in [0.3, 0.4) is 0 Å². The van der Waals surface area contributed by atoms with Crippen molar-refractivity contribution in [3.63, 3.8) is 0 Å². The molecule has 0 bridgehead atoms. The smallest absolute Gasteiger partial charge is 0.0747 e. The molecule has 1 aromatic rings. The Morgan fingerprint density at radius 1 is 1.27 bits per heavy atom. The minimum absolute atomic E-state index is 0.372. The van der Waals surface area contributed by atoms with E-state index in [1.807, 2.05) is 24.3 Å². The Hall–Kier alpha value is -1.22. The number of hydrogen-bond acceptors (Lipinski definition) is 3. The SMILES string of the molecule is Nc1ccc(NCC2CCCCO2)cc1. The van der Waals surface area contributed by atoms with Gasteiger partial charge in [-0.3, -0.25) is 0 Å². The molecule has 3 heteroatoms. The van der Waals surface area contributed by atoms with E-state index in [4.69, 9.17) is 10.5 Å². The quantitative estimate of drug-likeness (QED) is 0.746. The zero-order chi connectivity index (χ0) is 10.5. The third kappa shape index (κ3) is 3.13. The van der Waals surface area contributed by atoms with Crippen LogP contribution in [0.5, 0.6) is 0 Å². The minimum atomic E-state index is 0.372. The normalized spacial score (nSPS) is 21.2. The fourth-order valence-corrected chi connectivity index (χ4v) is 1.80. The highest BCUT2D eigenvalue weighted by atomic mass is 16.5. The van der Waals surface area contributed by atoms with Crippen LogP contribution in [-0.2, 0) is 4.74 Å². The van der Waals surface area contributed by atoms with Gasteiger partial charge in [-0.1, -0.05) is 0 Å². The number of nitrogens with two attached hydrogens (primary N) is 1. The van der Waals surface area contributed by atoms with Crippen molar-refractivity contribution in [1.82, 2.24) is 0 Å². The molecule has 3 N–H and O–H groups in total. The summed E-state index contributed by atoms with van der Waals surface area (Å²) in [6.07, 6.45) is 4.03. The molecule has 1 unspecified atom stereocenters. The van der Waals surface area contributed by atoms with Gasteiger partial charge < -0.3 is 15.8 Å². The first-order valence-corrected chi connectivity index (χ1v) is 5.55. The fourth-order valence-electron chi connectivity index (χ4n) is 1.80. The molecule has 1 atom stereocenters. The monoisotopic (exact) mass is 206 g/mol. The summed E-state index contributed by atoms with van der Waals surface area (Å²) >= 11 is 0. The Labute approximate surface area is 90.6 Å². The van der Waals surface area contributed by atoms with Crippen LogP contribution in [0, 0.1) is 0 Å². The topological polar surface area (TPSA) is 47.3 Å². The number of nitrogen functional groups attached to an aromatic ring is 1. The molecule has 1 aliphatic rings. The Morgan fingerprint density at radius 2 is 2.07 bits per heavy atom. The molecule has 1 aromatic carbocycles. The van der Waals surface area contributed by atoms with Gasteiger partial charge in [0.25, 0.3) is 0 Å². The molecule has 0 amide bonds. The predicted octanol–water partition coefficient (Wildman–Crippen LogP) is 2.25. The molecule has 0 aromatic heterocycles. The second-order valence-corrected chi connectivity index (χ2v) is 3.99. The lowest BCUT2D eigenvalue weighted by Crippen LogP contribution is -2.26. The average molecular weight is 206 g/mol. The largest absolute Gasteiger partial charge is 0.399 e. The lowest BCUT2D eigenvalue weighted by molar-refractivity contribution is 0.0247. The van der Waals surface area contributed by atoms with Crippen LogP contribution in [-0.4, -0.2) is 19.3 Å². The van der Waals surface area contributed by atoms with Crippen molar-refractivity contribution in [2.75, 3.05) is 24.2 Å². The van der Waals surface area contributed by atoms with Crippen molar-refractivity contribution in [3.8, 4) is 0 Å². The molecule has 0 saturated carbocycles. The van der Waals surface area contributed by atoms with Gasteiger partial charge in [-0.05, 0) is 43.5 Å². The number of rotatable bonds is 3. The van der Waals surface area contributed by atoms with Crippen LogP contribution < -0.4 is 11.1 Å². The van der Waals surface area contributed by atoms with Gasteiger partial charge in [-0.15, -0.1) is 0 Å². The van der Waals surface area contributed by atoms with E-state index in [0.717, 1.165) is 24.5 Å². The molecule has 15 heavy (non-hydrogen) atoms. The van der Waals surface area contributed by atoms with Crippen molar-refractivity contribution in [2.45, 2.75) is 25.4 Å². The maximum Gasteiger partial charge on any atom is 0.0747 e. The molecule has 1 aliphatic heterocycles. The molecule has 0 spiro atoms. The molecular weight excluding hydrogens is 188 g/mol. The van der Waals surface area contributed by atoms with Gasteiger partial charge in [-0.25, -0.2) is 0 Å². The second kappa shape index (κ2) is 5.03. The highest BCUT2D eigenvalue weighted by Gasteiger charge is 2.12. The summed E-state index contributed by atoms with van der Waals surface area (Å²) in [4.78, 5) is 0. The van der Waals surface area contributed by atoms with Crippen LogP contribution in [0.1, 0.15) is 19.3 Å². The summed E-state index contributed by atoms with van der Waals surface area (Å²) in [7, 11) is 0. The maximum atomic E-state index is 5.64. The van der Waals surface area contributed by atoms with Crippen molar-refractivity contribution >= 4 is 11.4 Å². The molecule has 0 radical (unpaired) electrons. The number of nitrogens with one attached hydrogen (secondary N) is 1. The van der Waals surface area contributed by atoms with Gasteiger partial charge in [0, 0.05) is 24.5 Å². The van der Waals surface area contributed by atoms with E-state index in [1.54, 1.807) is 0 Å². The third-order valence-corrected chi connectivity index (χ3v) is 2.72. The van der Waals surface area contributed by atoms with E-state index < -0.39 is 0 Å². The van der Waals surface area contributed by atoms with Crippen LogP contribution in [0.15, 0.2) is 24.3 Å². The van der Waals surface area contributed by atoms with E-state index >= 15 is 0 Å². The van der Waals surface area contributed by atoms with Crippen molar-refractivity contribution in [2.24, 2.45) is 0 Å². The van der Waals surface area contributed by atoms with E-state index in [9.17, 15) is 0 Å². The van der Waals surface area contributed by atoms with E-state index in [0.29, 0.717) is 6.10 Å². The zero-order valence-corrected chi connectivity index (χ0v) is 8.91. The van der Waals surface area contributed by atoms with E-state index in [2.05, 4.69) is 5.32 Å². The van der Waals surface area contributed by atoms with E-state index in [-0.39, 0.29) is 0 Å². The first kappa shape index (κ1) is 10.3. The highest BCUT2D eigenvalue weighted by Crippen LogP contribution is 2.15. The second-order valence-electron chi connectivity index (χ2n) is 3.99. The lowest BCUT2D eigenvalue weighted by Gasteiger charge is -2.23. The first-order chi connectivity index (χ1) is 7.34. The fraction of sp³-hybridized carbons (Fsp3) is 0.500. The summed E-state index contributed by atoms with van der Waals surface area (Å²) in [5.74, 6) is 0. The summed E-state index contributed by atoms with van der Waals surface area (Å²) in [5.41, 5.74) is 7.52. The number of hydrogen-bond donors (Lipinski definition) is 2. The van der Waals surface area contributed by atoms with Crippen molar-refractivity contribution in [3.05, 3.63) is 24.3 Å². The first-order valence-electron chi connectivity index (χ1n) is 5.55. The maximum absolute atomic E-state index is 5.64. The summed E-state index contributed by atoms with van der Waals surface area (Å²) < 4.78 is 5.64. The number of benzene rings is 1. The van der Waals surface area contributed by atoms with Gasteiger partial charge >= 0.3 is 0 Å². The van der Waals surface area contributed by atoms with Crippen LogP contribution in [0.4, 0.5) is 11.4 Å². The molecule has 1 heterocycles. The third-order valence-electron chi connectivity index (χ3n) is 2.72. The van der Waals surface area contributed by atoms with Gasteiger partial charge in [-0.2, -0.15) is 0 Å². The summed E-state index contributed by atoms with van der Waals surface area (Å²) in [5, 5.41) is 3.36. The highest BCUT2D eigenvalue weighted by molar-refractivity contribution is 5.51. The van der Waals surface area contributed by atoms with Gasteiger partial charge in [0.1, 0.15) is 0 Å². The molecule has 0 aliphatic carbocycles. The lowest BCUT2D eigenvalue weighted by atomic mass is 10.1. The molecule has 1 fully saturated rings. The Bertz CT molecular complexity index is 291. The van der Waals surface area contributed by atoms with Crippen molar-refractivity contribution in [1.29, 1.82) is 0 Å². The van der Waals surface area contributed by atoms with Crippen LogP contribution in [0.2, 0.25) is 0 Å². The zero-order valence-electron chi connectivity index (χ0n) is 8.91. The average Bonchev–Trinajstić information content (AvgIpc) is 2.30. The Balaban J connectivity index is 1.79. The minimum Gasteiger partial charge on any atom is -0.399 e. The number of ether oxygens (including phenoxy) is 1. The molecular formula is C12H18N2O. The molecule has 3 nitrogen and oxygen atoms in total. The standard InChI is InChI=1S/C12H18N2O/c13-10-4-6-11(7-5-10)14-9-12-3-1-2-8-15-12/h4-7,12,14H,1-3,8-9,13H2. The molecule has 2 rings (SSSR count). The van der Waals surface area contributed by atoms with Crippen LogP contribution in [0.25, 0.3) is 0 Å².